The second kappa shape index (κ2) is 4.23. The maximum Gasteiger partial charge on any atom is 0.320 e. The van der Waals surface area contributed by atoms with Crippen molar-refractivity contribution >= 4 is 5.97 Å². The molecule has 0 bridgehead atoms. The number of fused-ring (bicyclic) bond motifs is 1. The quantitative estimate of drug-likeness (QED) is 0.759. The van der Waals surface area contributed by atoms with Crippen molar-refractivity contribution in [1.29, 1.82) is 0 Å². The molecule has 2 unspecified atom stereocenters. The zero-order valence-corrected chi connectivity index (χ0v) is 9.85. The number of aliphatic carboxylic acids is 1. The van der Waals surface area contributed by atoms with Crippen molar-refractivity contribution < 1.29 is 19.4 Å². The average molecular weight is 241 g/mol. The van der Waals surface area contributed by atoms with E-state index in [9.17, 15) is 4.79 Å². The molecule has 2 aliphatic heterocycles. The maximum absolute atomic E-state index is 10.9. The van der Waals surface area contributed by atoms with Gasteiger partial charge < -0.3 is 19.9 Å². The Balaban J connectivity index is 1.48. The van der Waals surface area contributed by atoms with Gasteiger partial charge in [0.25, 0.3) is 0 Å². The summed E-state index contributed by atoms with van der Waals surface area (Å²) in [5.41, 5.74) is 0.0733. The highest BCUT2D eigenvalue weighted by Gasteiger charge is 2.61. The van der Waals surface area contributed by atoms with Crippen LogP contribution in [0, 0.1) is 5.41 Å². The van der Waals surface area contributed by atoms with Crippen molar-refractivity contribution in [2.75, 3.05) is 13.2 Å². The molecule has 96 valence electrons. The van der Waals surface area contributed by atoms with E-state index >= 15 is 0 Å². The van der Waals surface area contributed by atoms with Gasteiger partial charge in [-0.2, -0.15) is 0 Å². The Morgan fingerprint density at radius 1 is 1.47 bits per heavy atom. The lowest BCUT2D eigenvalue weighted by molar-refractivity contribution is -0.171. The lowest BCUT2D eigenvalue weighted by atomic mass is 10.0. The minimum absolute atomic E-state index is 0.0664. The maximum atomic E-state index is 10.9. The predicted molar refractivity (Wildman–Crippen MR) is 59.6 cm³/mol. The molecule has 1 saturated carbocycles. The highest BCUT2D eigenvalue weighted by atomic mass is 16.7. The first-order chi connectivity index (χ1) is 8.20. The number of hydrogen-bond donors (Lipinski definition) is 2. The highest BCUT2D eigenvalue weighted by Crippen LogP contribution is 2.54. The number of nitrogens with one attached hydrogen (secondary N) is 1. The second-order valence-electron chi connectivity index (χ2n) is 5.49. The van der Waals surface area contributed by atoms with Crippen molar-refractivity contribution in [3.63, 3.8) is 0 Å². The first kappa shape index (κ1) is 11.4. The molecule has 17 heavy (non-hydrogen) atoms. The van der Waals surface area contributed by atoms with Crippen LogP contribution in [-0.4, -0.2) is 42.7 Å². The Labute approximate surface area is 100 Å². The highest BCUT2D eigenvalue weighted by molar-refractivity contribution is 5.74. The molecule has 2 heterocycles. The van der Waals surface area contributed by atoms with E-state index in [1.54, 1.807) is 0 Å². The van der Waals surface area contributed by atoms with Crippen LogP contribution in [-0.2, 0) is 14.3 Å². The zero-order valence-electron chi connectivity index (χ0n) is 9.85. The van der Waals surface area contributed by atoms with Crippen LogP contribution in [0.3, 0.4) is 0 Å². The van der Waals surface area contributed by atoms with Crippen molar-refractivity contribution in [3.05, 3.63) is 0 Å². The summed E-state index contributed by atoms with van der Waals surface area (Å²) in [4.78, 5) is 10.9. The monoisotopic (exact) mass is 241 g/mol. The third-order valence-corrected chi connectivity index (χ3v) is 4.20. The van der Waals surface area contributed by atoms with E-state index < -0.39 is 5.97 Å². The number of carboxylic acid groups (broad SMARTS) is 1. The summed E-state index contributed by atoms with van der Waals surface area (Å²) in [5.74, 6) is -0.745. The summed E-state index contributed by atoms with van der Waals surface area (Å²) in [7, 11) is 0. The Morgan fingerprint density at radius 3 is 3.00 bits per heavy atom. The van der Waals surface area contributed by atoms with Gasteiger partial charge in [-0.15, -0.1) is 0 Å². The molecule has 5 heteroatoms. The number of ether oxygens (including phenoxy) is 2. The van der Waals surface area contributed by atoms with Crippen LogP contribution in [0.15, 0.2) is 0 Å². The average Bonchev–Trinajstić information content (AvgIpc) is 2.90. The van der Waals surface area contributed by atoms with E-state index in [0.29, 0.717) is 19.1 Å². The van der Waals surface area contributed by atoms with E-state index in [1.807, 2.05) is 0 Å². The minimum Gasteiger partial charge on any atom is -0.480 e. The number of hydrogen-bond acceptors (Lipinski definition) is 4. The van der Waals surface area contributed by atoms with Gasteiger partial charge >= 0.3 is 5.97 Å². The summed E-state index contributed by atoms with van der Waals surface area (Å²) < 4.78 is 11.3. The first-order valence-electron chi connectivity index (χ1n) is 6.42. The molecule has 0 amide bonds. The fourth-order valence-corrected chi connectivity index (χ4v) is 3.00. The van der Waals surface area contributed by atoms with Gasteiger partial charge in [0, 0.05) is 18.1 Å². The first-order valence-corrected chi connectivity index (χ1v) is 6.42. The number of carbonyl (C=O) groups is 1. The zero-order chi connectivity index (χ0) is 11.9. The second-order valence-corrected chi connectivity index (χ2v) is 5.49. The van der Waals surface area contributed by atoms with E-state index in [0.717, 1.165) is 32.3 Å². The van der Waals surface area contributed by atoms with Crippen molar-refractivity contribution in [2.45, 2.75) is 50.5 Å². The van der Waals surface area contributed by atoms with Gasteiger partial charge in [0.15, 0.2) is 6.29 Å². The molecule has 0 aromatic heterocycles. The normalized spacial score (nSPS) is 44.4. The van der Waals surface area contributed by atoms with Crippen LogP contribution < -0.4 is 5.32 Å². The van der Waals surface area contributed by atoms with Gasteiger partial charge in [-0.3, -0.25) is 4.79 Å². The summed E-state index contributed by atoms with van der Waals surface area (Å²) in [5, 5.41) is 12.1. The van der Waals surface area contributed by atoms with Crippen molar-refractivity contribution in [1.82, 2.24) is 5.32 Å². The molecule has 4 atom stereocenters. The molecule has 2 saturated heterocycles. The van der Waals surface area contributed by atoms with Crippen LogP contribution in [0.4, 0.5) is 0 Å². The third-order valence-electron chi connectivity index (χ3n) is 4.20. The number of rotatable bonds is 4. The molecule has 0 aromatic carbocycles. The van der Waals surface area contributed by atoms with Gasteiger partial charge in [0.1, 0.15) is 6.04 Å². The van der Waals surface area contributed by atoms with Gasteiger partial charge in [-0.25, -0.2) is 0 Å². The van der Waals surface area contributed by atoms with Gasteiger partial charge in [0.2, 0.25) is 0 Å². The molecule has 0 aromatic rings. The summed E-state index contributed by atoms with van der Waals surface area (Å²) in [6.07, 6.45) is 4.93. The lowest BCUT2D eigenvalue weighted by Gasteiger charge is -2.24. The smallest absolute Gasteiger partial charge is 0.320 e. The summed E-state index contributed by atoms with van der Waals surface area (Å²) in [6, 6.07) is -0.0446. The molecule has 1 aliphatic carbocycles. The molecule has 0 spiro atoms. The standard InChI is InChI=1S/C12H19NO4/c14-11(15)8-5-12(6-9(12)13-8)7-17-10-3-1-2-4-16-10/h8-10,13H,1-7H2,(H,14,15)/t8-,9+,10?,12?/m0/s1. The largest absolute Gasteiger partial charge is 0.480 e. The van der Waals surface area contributed by atoms with Crippen molar-refractivity contribution in [3.8, 4) is 0 Å². The number of piperidine rings is 1. The molecule has 5 nitrogen and oxygen atoms in total. The van der Waals surface area contributed by atoms with Crippen LogP contribution in [0.2, 0.25) is 0 Å². The Kier molecular flexibility index (Phi) is 2.84. The number of carboxylic acids is 1. The van der Waals surface area contributed by atoms with Gasteiger partial charge in [0.05, 0.1) is 6.61 Å². The molecule has 3 aliphatic rings. The van der Waals surface area contributed by atoms with E-state index in [4.69, 9.17) is 14.6 Å². The molecular weight excluding hydrogens is 222 g/mol. The topological polar surface area (TPSA) is 67.8 Å². The molecule has 0 radical (unpaired) electrons. The molecule has 2 N–H and O–H groups in total. The van der Waals surface area contributed by atoms with Crippen LogP contribution in [0.1, 0.15) is 32.1 Å². The Bertz CT molecular complexity index is 316. The SMILES string of the molecule is O=C(O)[C@@H]1CC2(COC3CCCCO3)C[C@H]2N1. The fourth-order valence-electron chi connectivity index (χ4n) is 3.00. The molecule has 3 rings (SSSR count). The Hall–Kier alpha value is -0.650. The van der Waals surface area contributed by atoms with Crippen LogP contribution in [0.25, 0.3) is 0 Å². The fraction of sp³-hybridized carbons (Fsp3) is 0.917. The van der Waals surface area contributed by atoms with Crippen molar-refractivity contribution in [2.24, 2.45) is 5.41 Å². The molecular formula is C12H19NO4. The van der Waals surface area contributed by atoms with E-state index in [2.05, 4.69) is 5.32 Å². The molecule has 3 fully saturated rings. The lowest BCUT2D eigenvalue weighted by Crippen LogP contribution is -2.33. The minimum atomic E-state index is -0.745. The van der Waals surface area contributed by atoms with Crippen LogP contribution in [0.5, 0.6) is 0 Å². The van der Waals surface area contributed by atoms with Gasteiger partial charge in [-0.1, -0.05) is 0 Å². The summed E-state index contributed by atoms with van der Waals surface area (Å²) in [6.45, 7) is 1.43. The van der Waals surface area contributed by atoms with Crippen LogP contribution >= 0.6 is 0 Å². The summed E-state index contributed by atoms with van der Waals surface area (Å²) >= 11 is 0. The van der Waals surface area contributed by atoms with Gasteiger partial charge in [-0.05, 0) is 32.1 Å². The Morgan fingerprint density at radius 2 is 2.35 bits per heavy atom. The van der Waals surface area contributed by atoms with E-state index in [1.165, 1.54) is 0 Å². The third kappa shape index (κ3) is 2.19. The van der Waals surface area contributed by atoms with E-state index in [-0.39, 0.29) is 17.7 Å². The predicted octanol–water partition coefficient (Wildman–Crippen LogP) is 0.735.